The van der Waals surface area contributed by atoms with Gasteiger partial charge in [-0.2, -0.15) is 0 Å². The highest BCUT2D eigenvalue weighted by Crippen LogP contribution is 2.43. The summed E-state index contributed by atoms with van der Waals surface area (Å²) in [6.45, 7) is 0. The second kappa shape index (κ2) is 13.5. The molecule has 0 radical (unpaired) electrons. The molecule has 0 saturated carbocycles. The standard InChI is InChI=1S/C52H36N2OS/c1-3-12-36(13-4-1)50-32-33-51(56-50)37-24-28-40(29-25-37)53(39-26-22-35(23-27-39)42-18-11-19-45-44-17-8-10-21-49(44)55-52(42)45)41-30-31-48-46(34-41)43-16-7-9-20-47(43)54(48)38-14-5-2-6-15-38/h1-3,5-12,14-34H,4,13H2. The van der Waals surface area contributed by atoms with Crippen molar-refractivity contribution in [3.05, 3.63) is 199 Å². The van der Waals surface area contributed by atoms with E-state index in [0.29, 0.717) is 0 Å². The van der Waals surface area contributed by atoms with Gasteiger partial charge in [0.25, 0.3) is 0 Å². The van der Waals surface area contributed by atoms with E-state index in [1.54, 1.807) is 0 Å². The lowest BCUT2D eigenvalue weighted by Gasteiger charge is -2.26. The maximum absolute atomic E-state index is 6.43. The molecule has 10 aromatic rings. The minimum absolute atomic E-state index is 0.909. The van der Waals surface area contributed by atoms with Gasteiger partial charge in [0.1, 0.15) is 11.2 Å². The fraction of sp³-hybridized carbons (Fsp3) is 0.0385. The summed E-state index contributed by atoms with van der Waals surface area (Å²) in [5, 5.41) is 4.73. The molecule has 4 heteroatoms. The van der Waals surface area contributed by atoms with Crippen LogP contribution in [0.15, 0.2) is 199 Å². The molecule has 0 amide bonds. The van der Waals surface area contributed by atoms with E-state index in [-0.39, 0.29) is 0 Å². The summed E-state index contributed by atoms with van der Waals surface area (Å²) in [5.74, 6) is 0. The van der Waals surface area contributed by atoms with Crippen LogP contribution in [0.5, 0.6) is 0 Å². The van der Waals surface area contributed by atoms with Gasteiger partial charge in [0, 0.05) is 59.6 Å². The Labute approximate surface area is 329 Å². The summed E-state index contributed by atoms with van der Waals surface area (Å²) in [5.41, 5.74) is 13.5. The molecule has 0 fully saturated rings. The number of nitrogens with zero attached hydrogens (tertiary/aromatic N) is 2. The largest absolute Gasteiger partial charge is 0.455 e. The molecule has 0 atom stereocenters. The van der Waals surface area contributed by atoms with Crippen molar-refractivity contribution in [3.63, 3.8) is 0 Å². The highest BCUT2D eigenvalue weighted by atomic mass is 32.1. The first-order valence-electron chi connectivity index (χ1n) is 19.2. The van der Waals surface area contributed by atoms with Gasteiger partial charge in [-0.1, -0.05) is 115 Å². The highest BCUT2D eigenvalue weighted by Gasteiger charge is 2.19. The van der Waals surface area contributed by atoms with Gasteiger partial charge in [-0.3, -0.25) is 0 Å². The molecular formula is C52H36N2OS. The van der Waals surface area contributed by atoms with Crippen molar-refractivity contribution in [2.75, 3.05) is 4.90 Å². The Bertz CT molecular complexity index is 3120. The fourth-order valence-electron chi connectivity index (χ4n) is 8.42. The quantitative estimate of drug-likeness (QED) is 0.162. The molecule has 0 aliphatic heterocycles. The number of para-hydroxylation sites is 4. The van der Waals surface area contributed by atoms with Crippen molar-refractivity contribution in [2.24, 2.45) is 0 Å². The molecule has 3 nitrogen and oxygen atoms in total. The molecule has 3 aromatic heterocycles. The molecule has 1 aliphatic rings. The summed E-state index contributed by atoms with van der Waals surface area (Å²) >= 11 is 1.88. The van der Waals surface area contributed by atoms with Gasteiger partial charge in [-0.15, -0.1) is 11.3 Å². The average Bonchev–Trinajstić information content (AvgIpc) is 4.00. The first-order valence-corrected chi connectivity index (χ1v) is 20.0. The molecule has 11 rings (SSSR count). The number of hydrogen-bond donors (Lipinski definition) is 0. The predicted octanol–water partition coefficient (Wildman–Crippen LogP) is 15.3. The number of anilines is 3. The van der Waals surface area contributed by atoms with Crippen molar-refractivity contribution >= 4 is 77.7 Å². The molecule has 0 spiro atoms. The number of hydrogen-bond acceptors (Lipinski definition) is 3. The highest BCUT2D eigenvalue weighted by molar-refractivity contribution is 7.16. The summed E-state index contributed by atoms with van der Waals surface area (Å²) in [7, 11) is 0. The molecule has 0 bridgehead atoms. The van der Waals surface area contributed by atoms with Crippen LogP contribution in [0, 0.1) is 0 Å². The van der Waals surface area contributed by atoms with Crippen LogP contribution in [0.3, 0.4) is 0 Å². The maximum Gasteiger partial charge on any atom is 0.143 e. The van der Waals surface area contributed by atoms with Gasteiger partial charge in [-0.05, 0) is 108 Å². The molecular weight excluding hydrogens is 701 g/mol. The topological polar surface area (TPSA) is 21.3 Å². The van der Waals surface area contributed by atoms with Crippen LogP contribution in [0.2, 0.25) is 0 Å². The van der Waals surface area contributed by atoms with Gasteiger partial charge >= 0.3 is 0 Å². The van der Waals surface area contributed by atoms with Crippen LogP contribution < -0.4 is 4.90 Å². The Kier molecular flexibility index (Phi) is 7.82. The van der Waals surface area contributed by atoms with Gasteiger partial charge in [0.15, 0.2) is 0 Å². The third-order valence-electron chi connectivity index (χ3n) is 11.1. The van der Waals surface area contributed by atoms with Crippen LogP contribution >= 0.6 is 11.3 Å². The van der Waals surface area contributed by atoms with E-state index >= 15 is 0 Å². The summed E-state index contributed by atoms with van der Waals surface area (Å²) < 4.78 is 8.80. The molecule has 1 aliphatic carbocycles. The van der Waals surface area contributed by atoms with Crippen molar-refractivity contribution < 1.29 is 4.42 Å². The Morgan fingerprint density at radius 3 is 2.00 bits per heavy atom. The smallest absolute Gasteiger partial charge is 0.143 e. The molecule has 266 valence electrons. The van der Waals surface area contributed by atoms with Crippen molar-refractivity contribution in [1.82, 2.24) is 4.57 Å². The molecule has 0 N–H and O–H groups in total. The number of furan rings is 1. The summed E-state index contributed by atoms with van der Waals surface area (Å²) in [6, 6.07) is 63.5. The second-order valence-corrected chi connectivity index (χ2v) is 15.5. The lowest BCUT2D eigenvalue weighted by Crippen LogP contribution is -2.09. The van der Waals surface area contributed by atoms with E-state index in [1.165, 1.54) is 42.7 Å². The second-order valence-electron chi connectivity index (χ2n) is 14.4. The lowest BCUT2D eigenvalue weighted by molar-refractivity contribution is 0.670. The fourth-order valence-corrected chi connectivity index (χ4v) is 9.48. The zero-order valence-electron chi connectivity index (χ0n) is 30.6. The van der Waals surface area contributed by atoms with Gasteiger partial charge in [-0.25, -0.2) is 0 Å². The van der Waals surface area contributed by atoms with E-state index in [2.05, 4.69) is 191 Å². The monoisotopic (exact) mass is 736 g/mol. The van der Waals surface area contributed by atoms with E-state index in [4.69, 9.17) is 4.42 Å². The minimum Gasteiger partial charge on any atom is -0.455 e. The van der Waals surface area contributed by atoms with E-state index in [0.717, 1.165) is 68.7 Å². The van der Waals surface area contributed by atoms with Crippen LogP contribution in [-0.2, 0) is 0 Å². The first-order chi connectivity index (χ1) is 27.8. The third kappa shape index (κ3) is 5.49. The third-order valence-corrected chi connectivity index (χ3v) is 12.3. The number of rotatable bonds is 7. The Hall–Kier alpha value is -6.88. The van der Waals surface area contributed by atoms with Crippen molar-refractivity contribution in [3.8, 4) is 27.3 Å². The number of thiophene rings is 1. The SMILES string of the molecule is C1=CCCC(c2ccc(-c3ccc(N(c4ccc(-c5cccc6c5oc5ccccc56)cc4)c4ccc5c(c4)c4ccccc4n5-c4ccccc4)cc3)s2)=C1. The van der Waals surface area contributed by atoms with Crippen LogP contribution in [-0.4, -0.2) is 4.57 Å². The number of fused-ring (bicyclic) bond motifs is 6. The molecule has 0 saturated heterocycles. The average molecular weight is 737 g/mol. The summed E-state index contributed by atoms with van der Waals surface area (Å²) in [6.07, 6.45) is 8.90. The molecule has 56 heavy (non-hydrogen) atoms. The summed E-state index contributed by atoms with van der Waals surface area (Å²) in [4.78, 5) is 5.02. The van der Waals surface area contributed by atoms with Gasteiger partial charge in [0.05, 0.1) is 11.0 Å². The lowest BCUT2D eigenvalue weighted by atomic mass is 10.0. The number of allylic oxidation sites excluding steroid dienone is 4. The van der Waals surface area contributed by atoms with Crippen LogP contribution in [0.4, 0.5) is 17.1 Å². The van der Waals surface area contributed by atoms with Gasteiger partial charge < -0.3 is 13.9 Å². The first kappa shape index (κ1) is 32.5. The Morgan fingerprint density at radius 1 is 0.518 bits per heavy atom. The predicted molar refractivity (Wildman–Crippen MR) is 238 cm³/mol. The van der Waals surface area contributed by atoms with Crippen molar-refractivity contribution in [2.45, 2.75) is 12.8 Å². The maximum atomic E-state index is 6.43. The molecule has 0 unspecified atom stereocenters. The van der Waals surface area contributed by atoms with Crippen molar-refractivity contribution in [1.29, 1.82) is 0 Å². The number of aromatic nitrogens is 1. The van der Waals surface area contributed by atoms with E-state index in [1.807, 2.05) is 23.5 Å². The van der Waals surface area contributed by atoms with E-state index in [9.17, 15) is 0 Å². The molecule has 7 aromatic carbocycles. The Balaban J connectivity index is 1.03. The zero-order chi connectivity index (χ0) is 37.0. The van der Waals surface area contributed by atoms with Crippen LogP contribution in [0.25, 0.3) is 76.6 Å². The normalized spacial score (nSPS) is 12.9. The Morgan fingerprint density at radius 2 is 1.20 bits per heavy atom. The zero-order valence-corrected chi connectivity index (χ0v) is 31.4. The minimum atomic E-state index is 0.909. The van der Waals surface area contributed by atoms with Gasteiger partial charge in [0.2, 0.25) is 0 Å². The molecule has 3 heterocycles. The van der Waals surface area contributed by atoms with E-state index < -0.39 is 0 Å². The van der Waals surface area contributed by atoms with Crippen LogP contribution in [0.1, 0.15) is 17.7 Å². The number of benzene rings is 7.